The Labute approximate surface area is 98.9 Å². The van der Waals surface area contributed by atoms with Crippen LogP contribution in [0, 0.1) is 0 Å². The van der Waals surface area contributed by atoms with Crippen molar-refractivity contribution in [3.8, 4) is 11.3 Å². The molecule has 0 aliphatic carbocycles. The van der Waals surface area contributed by atoms with Gasteiger partial charge in [0.15, 0.2) is 5.78 Å². The van der Waals surface area contributed by atoms with Gasteiger partial charge >= 0.3 is 0 Å². The van der Waals surface area contributed by atoms with Crippen LogP contribution in [0.3, 0.4) is 0 Å². The molecule has 0 spiro atoms. The number of Topliss-reactive ketones (excluding diaryl/α,β-unsaturated/α-hetero) is 1. The minimum Gasteiger partial charge on any atom is -0.293 e. The van der Waals surface area contributed by atoms with Crippen molar-refractivity contribution in [1.82, 2.24) is 4.98 Å². The molecule has 0 fully saturated rings. The Kier molecular flexibility index (Phi) is 3.02. The number of benzene rings is 1. The molecule has 1 heterocycles. The highest BCUT2D eigenvalue weighted by molar-refractivity contribution is 6.33. The Morgan fingerprint density at radius 3 is 2.56 bits per heavy atom. The molecule has 3 heteroatoms. The molecule has 1 aromatic heterocycles. The highest BCUT2D eigenvalue weighted by Gasteiger charge is 2.06. The summed E-state index contributed by atoms with van der Waals surface area (Å²) in [5.74, 6) is -0.0473. The fourth-order valence-electron chi connectivity index (χ4n) is 1.45. The van der Waals surface area contributed by atoms with Crippen molar-refractivity contribution in [3.05, 3.63) is 53.2 Å². The number of pyridine rings is 1. The lowest BCUT2D eigenvalue weighted by Crippen LogP contribution is -1.97. The molecule has 0 amide bonds. The molecular weight excluding hydrogens is 222 g/mol. The molecule has 16 heavy (non-hydrogen) atoms. The van der Waals surface area contributed by atoms with Gasteiger partial charge in [0.25, 0.3) is 0 Å². The largest absolute Gasteiger partial charge is 0.293 e. The molecule has 80 valence electrons. The van der Waals surface area contributed by atoms with E-state index in [1.165, 1.54) is 6.92 Å². The molecule has 2 nitrogen and oxygen atoms in total. The van der Waals surface area contributed by atoms with Gasteiger partial charge in [-0.05, 0) is 18.2 Å². The average Bonchev–Trinajstić information content (AvgIpc) is 2.30. The highest BCUT2D eigenvalue weighted by atomic mass is 35.5. The predicted molar refractivity (Wildman–Crippen MR) is 64.7 cm³/mol. The molecule has 2 rings (SSSR count). The average molecular weight is 232 g/mol. The quantitative estimate of drug-likeness (QED) is 0.739. The first-order chi connectivity index (χ1) is 7.68. The van der Waals surface area contributed by atoms with Crippen molar-refractivity contribution in [2.24, 2.45) is 0 Å². The van der Waals surface area contributed by atoms with Gasteiger partial charge in [-0.2, -0.15) is 0 Å². The molecule has 0 atom stereocenters. The van der Waals surface area contributed by atoms with Crippen molar-refractivity contribution < 1.29 is 4.79 Å². The zero-order valence-electron chi connectivity index (χ0n) is 8.77. The fraction of sp³-hybridized carbons (Fsp3) is 0.0769. The van der Waals surface area contributed by atoms with Crippen molar-refractivity contribution in [1.29, 1.82) is 0 Å². The second-order valence-electron chi connectivity index (χ2n) is 3.44. The van der Waals surface area contributed by atoms with Gasteiger partial charge in [0.2, 0.25) is 0 Å². The third kappa shape index (κ3) is 2.12. The number of carbonyl (C=O) groups excluding carboxylic acids is 1. The third-order valence-electron chi connectivity index (χ3n) is 2.26. The van der Waals surface area contributed by atoms with Gasteiger partial charge in [-0.15, -0.1) is 0 Å². The van der Waals surface area contributed by atoms with Crippen LogP contribution in [0.2, 0.25) is 5.02 Å². The molecule has 0 aliphatic rings. The van der Waals surface area contributed by atoms with Crippen LogP contribution in [0.5, 0.6) is 0 Å². The molecular formula is C13H10ClNO. The molecule has 1 aromatic carbocycles. The molecule has 0 radical (unpaired) electrons. The molecule has 0 saturated carbocycles. The van der Waals surface area contributed by atoms with Crippen LogP contribution in [-0.4, -0.2) is 10.8 Å². The monoisotopic (exact) mass is 231 g/mol. The first kappa shape index (κ1) is 10.8. The van der Waals surface area contributed by atoms with Crippen LogP contribution >= 0.6 is 11.6 Å². The van der Waals surface area contributed by atoms with E-state index >= 15 is 0 Å². The molecule has 0 aliphatic heterocycles. The van der Waals surface area contributed by atoms with E-state index in [9.17, 15) is 4.79 Å². The summed E-state index contributed by atoms with van der Waals surface area (Å²) in [7, 11) is 0. The second kappa shape index (κ2) is 4.45. The number of hydrogen-bond donors (Lipinski definition) is 0. The lowest BCUT2D eigenvalue weighted by Gasteiger charge is -2.04. The zero-order chi connectivity index (χ0) is 11.5. The van der Waals surface area contributed by atoms with E-state index in [0.29, 0.717) is 10.7 Å². The van der Waals surface area contributed by atoms with Crippen molar-refractivity contribution in [2.45, 2.75) is 6.92 Å². The molecule has 2 aromatic rings. The normalized spacial score (nSPS) is 10.1. The highest BCUT2D eigenvalue weighted by Crippen LogP contribution is 2.25. The van der Waals surface area contributed by atoms with E-state index in [1.54, 1.807) is 12.1 Å². The van der Waals surface area contributed by atoms with Gasteiger partial charge in [0.05, 0.1) is 5.69 Å². The van der Waals surface area contributed by atoms with Crippen LogP contribution in [-0.2, 0) is 0 Å². The first-order valence-corrected chi connectivity index (χ1v) is 5.29. The topological polar surface area (TPSA) is 30.0 Å². The third-order valence-corrected chi connectivity index (χ3v) is 2.59. The van der Waals surface area contributed by atoms with Crippen LogP contribution in [0.1, 0.15) is 17.4 Å². The summed E-state index contributed by atoms with van der Waals surface area (Å²) >= 11 is 6.07. The number of nitrogens with zero attached hydrogens (tertiary/aromatic N) is 1. The predicted octanol–water partition coefficient (Wildman–Crippen LogP) is 3.60. The SMILES string of the molecule is CC(=O)c1cccc(-c2ccccc2Cl)n1. The molecule has 0 unspecified atom stereocenters. The van der Waals surface area contributed by atoms with Crippen LogP contribution < -0.4 is 0 Å². The standard InChI is InChI=1S/C13H10ClNO/c1-9(16)12-7-4-8-13(15-12)10-5-2-3-6-11(10)14/h2-8H,1H3. The van der Waals surface area contributed by atoms with Crippen molar-refractivity contribution >= 4 is 17.4 Å². The lowest BCUT2D eigenvalue weighted by molar-refractivity contribution is 0.101. The Hall–Kier alpha value is -1.67. The van der Waals surface area contributed by atoms with Crippen LogP contribution in [0.15, 0.2) is 42.5 Å². The van der Waals surface area contributed by atoms with E-state index in [2.05, 4.69) is 4.98 Å². The lowest BCUT2D eigenvalue weighted by atomic mass is 10.1. The van der Waals surface area contributed by atoms with Gasteiger partial charge in [0, 0.05) is 17.5 Å². The molecule has 0 bridgehead atoms. The van der Waals surface area contributed by atoms with E-state index in [4.69, 9.17) is 11.6 Å². The van der Waals surface area contributed by atoms with Crippen molar-refractivity contribution in [2.75, 3.05) is 0 Å². The number of hydrogen-bond acceptors (Lipinski definition) is 2. The Bertz CT molecular complexity index is 537. The van der Waals surface area contributed by atoms with Crippen LogP contribution in [0.4, 0.5) is 0 Å². The second-order valence-corrected chi connectivity index (χ2v) is 3.85. The summed E-state index contributed by atoms with van der Waals surface area (Å²) < 4.78 is 0. The van der Waals surface area contributed by atoms with Crippen LogP contribution in [0.25, 0.3) is 11.3 Å². The summed E-state index contributed by atoms with van der Waals surface area (Å²) in [6, 6.07) is 12.8. The maximum absolute atomic E-state index is 11.2. The van der Waals surface area contributed by atoms with E-state index in [-0.39, 0.29) is 5.78 Å². The number of halogens is 1. The molecule has 0 N–H and O–H groups in total. The zero-order valence-corrected chi connectivity index (χ0v) is 9.53. The van der Waals surface area contributed by atoms with E-state index < -0.39 is 0 Å². The van der Waals surface area contributed by atoms with Crippen molar-refractivity contribution in [3.63, 3.8) is 0 Å². The number of rotatable bonds is 2. The minimum absolute atomic E-state index is 0.0473. The molecule has 0 saturated heterocycles. The van der Waals surface area contributed by atoms with Gasteiger partial charge in [-0.1, -0.05) is 35.9 Å². The smallest absolute Gasteiger partial charge is 0.178 e. The summed E-state index contributed by atoms with van der Waals surface area (Å²) in [5.41, 5.74) is 2.02. The van der Waals surface area contributed by atoms with Gasteiger partial charge < -0.3 is 0 Å². The Balaban J connectivity index is 2.53. The van der Waals surface area contributed by atoms with Gasteiger partial charge in [-0.3, -0.25) is 4.79 Å². The fourth-order valence-corrected chi connectivity index (χ4v) is 1.68. The first-order valence-electron chi connectivity index (χ1n) is 4.91. The maximum atomic E-state index is 11.2. The van der Waals surface area contributed by atoms with E-state index in [0.717, 1.165) is 11.3 Å². The van der Waals surface area contributed by atoms with E-state index in [1.807, 2.05) is 30.3 Å². The number of ketones is 1. The number of carbonyl (C=O) groups is 1. The minimum atomic E-state index is -0.0473. The Morgan fingerprint density at radius 1 is 1.12 bits per heavy atom. The summed E-state index contributed by atoms with van der Waals surface area (Å²) in [6.45, 7) is 1.50. The summed E-state index contributed by atoms with van der Waals surface area (Å²) in [4.78, 5) is 15.5. The summed E-state index contributed by atoms with van der Waals surface area (Å²) in [5, 5.41) is 0.635. The van der Waals surface area contributed by atoms with Gasteiger partial charge in [-0.25, -0.2) is 4.98 Å². The maximum Gasteiger partial charge on any atom is 0.178 e. The Morgan fingerprint density at radius 2 is 1.88 bits per heavy atom. The number of aromatic nitrogens is 1. The summed E-state index contributed by atoms with van der Waals surface area (Å²) in [6.07, 6.45) is 0. The van der Waals surface area contributed by atoms with Gasteiger partial charge in [0.1, 0.15) is 5.69 Å².